The molecule has 3 N–H and O–H groups in total. The lowest BCUT2D eigenvalue weighted by molar-refractivity contribution is 0.519. The van der Waals surface area contributed by atoms with Crippen molar-refractivity contribution < 1.29 is 4.39 Å². The van der Waals surface area contributed by atoms with Crippen molar-refractivity contribution in [3.05, 3.63) is 68.4 Å². The van der Waals surface area contributed by atoms with Gasteiger partial charge in [-0.15, -0.1) is 0 Å². The van der Waals surface area contributed by atoms with Gasteiger partial charge in [-0.25, -0.2) is 4.39 Å². The largest absolute Gasteiger partial charge is 0.271 e. The zero-order chi connectivity index (χ0) is 14.5. The summed E-state index contributed by atoms with van der Waals surface area (Å²) in [5, 5.41) is 0. The molecule has 0 bridgehead atoms. The van der Waals surface area contributed by atoms with E-state index in [1.54, 1.807) is 6.07 Å². The van der Waals surface area contributed by atoms with E-state index in [0.717, 1.165) is 16.5 Å². The Hall–Kier alpha value is -0.750. The van der Waals surface area contributed by atoms with Crippen LogP contribution in [0.5, 0.6) is 0 Å². The molecule has 0 radical (unpaired) electrons. The van der Waals surface area contributed by atoms with Gasteiger partial charge in [0.05, 0.1) is 4.47 Å². The Morgan fingerprint density at radius 1 is 1.10 bits per heavy atom. The molecule has 1 unspecified atom stereocenters. The summed E-state index contributed by atoms with van der Waals surface area (Å²) < 4.78 is 15.1. The predicted octanol–water partition coefficient (Wildman–Crippen LogP) is 3.97. The maximum atomic E-state index is 13.5. The number of benzene rings is 2. The summed E-state index contributed by atoms with van der Waals surface area (Å²) >= 11 is 6.74. The summed E-state index contributed by atoms with van der Waals surface area (Å²) in [7, 11) is 0. The van der Waals surface area contributed by atoms with E-state index < -0.39 is 0 Å². The molecule has 0 heterocycles. The normalized spacial score (nSPS) is 12.4. The third-order valence-corrected chi connectivity index (χ3v) is 4.49. The average Bonchev–Trinajstić information content (AvgIpc) is 2.43. The van der Waals surface area contributed by atoms with Crippen molar-refractivity contribution in [3.63, 3.8) is 0 Å². The van der Waals surface area contributed by atoms with E-state index in [2.05, 4.69) is 49.4 Å². The molecule has 0 saturated carbocycles. The standard InChI is InChI=1S/C15H15Br2FN2/c16-12-5-1-3-10(7-12)8-13(20-19)9-11-4-2-6-14(18)15(11)17/h1-7,13,20H,8-9,19H2. The number of hydrazine groups is 1. The third-order valence-electron chi connectivity index (χ3n) is 3.10. The van der Waals surface area contributed by atoms with E-state index in [9.17, 15) is 4.39 Å². The summed E-state index contributed by atoms with van der Waals surface area (Å²) in [4.78, 5) is 0. The number of rotatable bonds is 5. The van der Waals surface area contributed by atoms with Crippen molar-refractivity contribution in [2.24, 2.45) is 5.84 Å². The molecule has 0 aliphatic carbocycles. The molecule has 5 heteroatoms. The van der Waals surface area contributed by atoms with Gasteiger partial charge in [0.15, 0.2) is 0 Å². The summed E-state index contributed by atoms with van der Waals surface area (Å²) in [5.41, 5.74) is 4.89. The Morgan fingerprint density at radius 2 is 1.85 bits per heavy atom. The highest BCUT2D eigenvalue weighted by atomic mass is 79.9. The molecular formula is C15H15Br2FN2. The second-order valence-corrected chi connectivity index (χ2v) is 6.32. The topological polar surface area (TPSA) is 38.0 Å². The van der Waals surface area contributed by atoms with Gasteiger partial charge in [-0.3, -0.25) is 11.3 Å². The van der Waals surface area contributed by atoms with E-state index in [1.807, 2.05) is 18.2 Å². The summed E-state index contributed by atoms with van der Waals surface area (Å²) in [6, 6.07) is 13.2. The molecule has 106 valence electrons. The lowest BCUT2D eigenvalue weighted by Crippen LogP contribution is -2.38. The van der Waals surface area contributed by atoms with Crippen LogP contribution in [-0.4, -0.2) is 6.04 Å². The molecule has 2 aromatic rings. The molecule has 0 spiro atoms. The molecule has 0 fully saturated rings. The molecule has 0 aliphatic heterocycles. The monoisotopic (exact) mass is 400 g/mol. The van der Waals surface area contributed by atoms with Gasteiger partial charge < -0.3 is 0 Å². The van der Waals surface area contributed by atoms with Gasteiger partial charge in [0, 0.05) is 10.5 Å². The molecule has 0 aromatic heterocycles. The Bertz CT molecular complexity index is 590. The highest BCUT2D eigenvalue weighted by Gasteiger charge is 2.13. The first-order valence-electron chi connectivity index (χ1n) is 6.23. The molecule has 1 atom stereocenters. The lowest BCUT2D eigenvalue weighted by atomic mass is 9.99. The first-order valence-corrected chi connectivity index (χ1v) is 7.82. The van der Waals surface area contributed by atoms with Gasteiger partial charge >= 0.3 is 0 Å². The van der Waals surface area contributed by atoms with E-state index in [4.69, 9.17) is 5.84 Å². The van der Waals surface area contributed by atoms with Gasteiger partial charge in [0.1, 0.15) is 5.82 Å². The van der Waals surface area contributed by atoms with Crippen molar-refractivity contribution in [3.8, 4) is 0 Å². The summed E-state index contributed by atoms with van der Waals surface area (Å²) in [5.74, 6) is 5.37. The predicted molar refractivity (Wildman–Crippen MR) is 86.8 cm³/mol. The fourth-order valence-electron chi connectivity index (χ4n) is 2.11. The van der Waals surface area contributed by atoms with Gasteiger partial charge in [-0.1, -0.05) is 40.2 Å². The van der Waals surface area contributed by atoms with Crippen molar-refractivity contribution in [2.75, 3.05) is 0 Å². The second-order valence-electron chi connectivity index (χ2n) is 4.61. The fourth-order valence-corrected chi connectivity index (χ4v) is 2.98. The smallest absolute Gasteiger partial charge is 0.137 e. The number of hydrogen-bond donors (Lipinski definition) is 2. The molecule has 2 rings (SSSR count). The van der Waals surface area contributed by atoms with Gasteiger partial charge in [-0.2, -0.15) is 0 Å². The minimum Gasteiger partial charge on any atom is -0.271 e. The highest BCUT2D eigenvalue weighted by molar-refractivity contribution is 9.10. The molecule has 0 amide bonds. The van der Waals surface area contributed by atoms with E-state index in [1.165, 1.54) is 11.6 Å². The van der Waals surface area contributed by atoms with Crippen molar-refractivity contribution in [1.29, 1.82) is 0 Å². The van der Waals surface area contributed by atoms with Gasteiger partial charge in [-0.05, 0) is 58.1 Å². The highest BCUT2D eigenvalue weighted by Crippen LogP contribution is 2.22. The summed E-state index contributed by atoms with van der Waals surface area (Å²) in [6.45, 7) is 0. The van der Waals surface area contributed by atoms with E-state index >= 15 is 0 Å². The van der Waals surface area contributed by atoms with Crippen LogP contribution in [-0.2, 0) is 12.8 Å². The van der Waals surface area contributed by atoms with Crippen molar-refractivity contribution in [1.82, 2.24) is 5.43 Å². The van der Waals surface area contributed by atoms with Crippen LogP contribution in [0.2, 0.25) is 0 Å². The molecule has 20 heavy (non-hydrogen) atoms. The Morgan fingerprint density at radius 3 is 2.55 bits per heavy atom. The van der Waals surface area contributed by atoms with Crippen LogP contribution in [0.4, 0.5) is 4.39 Å². The molecular weight excluding hydrogens is 387 g/mol. The third kappa shape index (κ3) is 4.12. The minimum atomic E-state index is -0.249. The number of hydrogen-bond acceptors (Lipinski definition) is 2. The summed E-state index contributed by atoms with van der Waals surface area (Å²) in [6.07, 6.45) is 1.43. The Balaban J connectivity index is 2.11. The van der Waals surface area contributed by atoms with Crippen LogP contribution in [0.25, 0.3) is 0 Å². The van der Waals surface area contributed by atoms with Crippen molar-refractivity contribution >= 4 is 31.9 Å². The zero-order valence-electron chi connectivity index (χ0n) is 10.7. The van der Waals surface area contributed by atoms with Crippen LogP contribution in [0.3, 0.4) is 0 Å². The van der Waals surface area contributed by atoms with E-state index in [0.29, 0.717) is 10.9 Å². The van der Waals surface area contributed by atoms with Crippen LogP contribution < -0.4 is 11.3 Å². The van der Waals surface area contributed by atoms with Crippen molar-refractivity contribution in [2.45, 2.75) is 18.9 Å². The number of nitrogens with two attached hydrogens (primary N) is 1. The maximum Gasteiger partial charge on any atom is 0.137 e. The molecule has 0 saturated heterocycles. The number of nitrogens with one attached hydrogen (secondary N) is 1. The van der Waals surface area contributed by atoms with Gasteiger partial charge in [0.25, 0.3) is 0 Å². The maximum absolute atomic E-state index is 13.5. The first kappa shape index (κ1) is 15.6. The van der Waals surface area contributed by atoms with Crippen LogP contribution in [0, 0.1) is 5.82 Å². The number of halogens is 3. The van der Waals surface area contributed by atoms with Crippen LogP contribution in [0.15, 0.2) is 51.4 Å². The lowest BCUT2D eigenvalue weighted by Gasteiger charge is -2.17. The average molecular weight is 402 g/mol. The minimum absolute atomic E-state index is 0.0439. The fraction of sp³-hybridized carbons (Fsp3) is 0.200. The first-order chi connectivity index (χ1) is 9.60. The Kier molecular flexibility index (Phi) is 5.72. The second kappa shape index (κ2) is 7.31. The molecule has 2 aromatic carbocycles. The van der Waals surface area contributed by atoms with Crippen LogP contribution >= 0.6 is 31.9 Å². The van der Waals surface area contributed by atoms with E-state index in [-0.39, 0.29) is 11.9 Å². The van der Waals surface area contributed by atoms with Gasteiger partial charge in [0.2, 0.25) is 0 Å². The zero-order valence-corrected chi connectivity index (χ0v) is 13.9. The molecule has 2 nitrogen and oxygen atoms in total. The quantitative estimate of drug-likeness (QED) is 0.587. The molecule has 0 aliphatic rings. The SMILES string of the molecule is NNC(Cc1cccc(Br)c1)Cc1cccc(F)c1Br. The Labute approximate surface area is 134 Å². The van der Waals surface area contributed by atoms with Crippen LogP contribution in [0.1, 0.15) is 11.1 Å².